The van der Waals surface area contributed by atoms with Crippen LogP contribution in [-0.2, 0) is 17.0 Å². The van der Waals surface area contributed by atoms with Gasteiger partial charge >= 0.3 is 5.97 Å². The van der Waals surface area contributed by atoms with Crippen LogP contribution in [0, 0.1) is 5.82 Å². The second kappa shape index (κ2) is 9.27. The molecule has 0 amide bonds. The third-order valence-electron chi connectivity index (χ3n) is 4.82. The molecular formula is C23H19FN2O5S. The molecule has 4 aromatic rings. The summed E-state index contributed by atoms with van der Waals surface area (Å²) < 4.78 is 30.7. The van der Waals surface area contributed by atoms with E-state index < -0.39 is 11.8 Å². The zero-order valence-electron chi connectivity index (χ0n) is 17.3. The zero-order chi connectivity index (χ0) is 22.7. The van der Waals surface area contributed by atoms with E-state index in [9.17, 15) is 14.0 Å². The Morgan fingerprint density at radius 2 is 2.03 bits per heavy atom. The van der Waals surface area contributed by atoms with Crippen LogP contribution < -0.4 is 10.3 Å². The number of rotatable bonds is 7. The molecule has 0 aliphatic heterocycles. The monoisotopic (exact) mass is 454 g/mol. The number of halogens is 1. The van der Waals surface area contributed by atoms with Gasteiger partial charge in [0.2, 0.25) is 0 Å². The highest BCUT2D eigenvalue weighted by atomic mass is 32.2. The molecule has 0 bridgehead atoms. The molecule has 0 spiro atoms. The first-order valence-electron chi connectivity index (χ1n) is 9.60. The number of benzene rings is 2. The van der Waals surface area contributed by atoms with Crippen LogP contribution in [0.2, 0.25) is 0 Å². The molecule has 9 heteroatoms. The first kappa shape index (κ1) is 21.6. The van der Waals surface area contributed by atoms with Crippen molar-refractivity contribution in [3.63, 3.8) is 0 Å². The number of carbonyl (C=O) groups is 1. The van der Waals surface area contributed by atoms with E-state index in [1.54, 1.807) is 30.3 Å². The quantitative estimate of drug-likeness (QED) is 0.234. The van der Waals surface area contributed by atoms with Crippen LogP contribution in [0.3, 0.4) is 0 Å². The van der Waals surface area contributed by atoms with Crippen LogP contribution >= 0.6 is 11.8 Å². The van der Waals surface area contributed by atoms with Crippen molar-refractivity contribution in [2.75, 3.05) is 14.2 Å². The van der Waals surface area contributed by atoms with Gasteiger partial charge < -0.3 is 13.9 Å². The number of carbonyl (C=O) groups excluding carboxylic acids is 1. The van der Waals surface area contributed by atoms with Gasteiger partial charge in [-0.3, -0.25) is 9.36 Å². The predicted octanol–water partition coefficient (Wildman–Crippen LogP) is 4.26. The second-order valence-electron chi connectivity index (χ2n) is 6.85. The van der Waals surface area contributed by atoms with E-state index in [1.165, 1.54) is 55.0 Å². The van der Waals surface area contributed by atoms with Crippen molar-refractivity contribution in [3.05, 3.63) is 87.9 Å². The van der Waals surface area contributed by atoms with Gasteiger partial charge in [0.15, 0.2) is 16.7 Å². The molecule has 0 unspecified atom stereocenters. The summed E-state index contributed by atoms with van der Waals surface area (Å²) in [5.74, 6) is 0.141. The van der Waals surface area contributed by atoms with Gasteiger partial charge in [0.25, 0.3) is 5.56 Å². The van der Waals surface area contributed by atoms with Gasteiger partial charge in [-0.05, 0) is 48.0 Å². The number of aromatic nitrogens is 2. The van der Waals surface area contributed by atoms with Gasteiger partial charge in [0.1, 0.15) is 5.76 Å². The maximum absolute atomic E-state index is 14.1. The van der Waals surface area contributed by atoms with Gasteiger partial charge in [-0.25, -0.2) is 14.2 Å². The Morgan fingerprint density at radius 1 is 1.19 bits per heavy atom. The maximum atomic E-state index is 14.1. The minimum atomic E-state index is -0.517. The number of nitrogens with zero attached hydrogens (tertiary/aromatic N) is 2. The number of fused-ring (bicyclic) bond motifs is 1. The summed E-state index contributed by atoms with van der Waals surface area (Å²) >= 11 is 1.28. The van der Waals surface area contributed by atoms with Crippen molar-refractivity contribution in [1.29, 1.82) is 0 Å². The summed E-state index contributed by atoms with van der Waals surface area (Å²) in [4.78, 5) is 29.8. The van der Waals surface area contributed by atoms with Crippen LogP contribution in [0.15, 0.2) is 69.2 Å². The molecule has 0 saturated carbocycles. The fraction of sp³-hybridized carbons (Fsp3) is 0.174. The summed E-state index contributed by atoms with van der Waals surface area (Å²) in [5.41, 5.74) is 1.10. The van der Waals surface area contributed by atoms with Crippen molar-refractivity contribution in [2.24, 2.45) is 0 Å². The van der Waals surface area contributed by atoms with Gasteiger partial charge in [0, 0.05) is 5.75 Å². The molecule has 32 heavy (non-hydrogen) atoms. The number of esters is 1. The summed E-state index contributed by atoms with van der Waals surface area (Å²) in [6, 6.07) is 12.8. The molecule has 0 atom stereocenters. The van der Waals surface area contributed by atoms with Gasteiger partial charge in [0.05, 0.1) is 43.5 Å². The molecule has 0 fully saturated rings. The topological polar surface area (TPSA) is 83.6 Å². The van der Waals surface area contributed by atoms with Crippen LogP contribution in [0.25, 0.3) is 10.9 Å². The molecule has 0 saturated heterocycles. The lowest BCUT2D eigenvalue weighted by atomic mass is 10.1. The Bertz CT molecular complexity index is 1330. The Kier molecular flexibility index (Phi) is 6.27. The average molecular weight is 454 g/mol. The molecule has 0 N–H and O–H groups in total. The highest BCUT2D eigenvalue weighted by molar-refractivity contribution is 7.98. The number of hydrogen-bond acceptors (Lipinski definition) is 7. The van der Waals surface area contributed by atoms with Crippen molar-refractivity contribution in [3.8, 4) is 5.75 Å². The number of ether oxygens (including phenoxy) is 2. The first-order valence-corrected chi connectivity index (χ1v) is 10.6. The minimum Gasteiger partial charge on any atom is -0.494 e. The smallest absolute Gasteiger partial charge is 0.337 e. The largest absolute Gasteiger partial charge is 0.494 e. The lowest BCUT2D eigenvalue weighted by Crippen LogP contribution is -2.24. The molecule has 0 aliphatic carbocycles. The molecule has 2 aromatic heterocycles. The van der Waals surface area contributed by atoms with Gasteiger partial charge in [-0.15, -0.1) is 0 Å². The maximum Gasteiger partial charge on any atom is 0.337 e. The van der Waals surface area contributed by atoms with Crippen LogP contribution in [0.1, 0.15) is 21.7 Å². The Labute approximate surface area is 186 Å². The molecular weight excluding hydrogens is 435 g/mol. The zero-order valence-corrected chi connectivity index (χ0v) is 18.1. The molecule has 4 rings (SSSR count). The summed E-state index contributed by atoms with van der Waals surface area (Å²) in [6.07, 6.45) is 1.53. The van der Waals surface area contributed by atoms with Crippen LogP contribution in [0.5, 0.6) is 5.75 Å². The van der Waals surface area contributed by atoms with E-state index in [-0.39, 0.29) is 17.9 Å². The Morgan fingerprint density at radius 3 is 2.72 bits per heavy atom. The van der Waals surface area contributed by atoms with E-state index in [0.29, 0.717) is 38.7 Å². The van der Waals surface area contributed by atoms with Crippen LogP contribution in [0.4, 0.5) is 4.39 Å². The van der Waals surface area contributed by atoms with E-state index in [0.717, 1.165) is 0 Å². The summed E-state index contributed by atoms with van der Waals surface area (Å²) in [5, 5.41) is 0.779. The van der Waals surface area contributed by atoms with Crippen LogP contribution in [-0.4, -0.2) is 29.7 Å². The Balaban J connectivity index is 1.75. The molecule has 0 radical (unpaired) electrons. The lowest BCUT2D eigenvalue weighted by Gasteiger charge is -2.13. The van der Waals surface area contributed by atoms with E-state index >= 15 is 0 Å². The molecule has 2 heterocycles. The molecule has 164 valence electrons. The number of thioether (sulfide) groups is 1. The number of hydrogen-bond donors (Lipinski definition) is 0. The fourth-order valence-electron chi connectivity index (χ4n) is 3.20. The van der Waals surface area contributed by atoms with Crippen molar-refractivity contribution in [1.82, 2.24) is 9.55 Å². The standard InChI is InChI=1S/C23H19FN2O5S/c1-29-20-8-5-14(10-18(20)24)13-32-23-25-19-11-15(22(28)30-2)6-7-17(19)21(27)26(23)12-16-4-3-9-31-16/h3-11H,12-13H2,1-2H3. The minimum absolute atomic E-state index is 0.160. The van der Waals surface area contributed by atoms with Crippen molar-refractivity contribution < 1.29 is 23.1 Å². The normalized spacial score (nSPS) is 11.0. The van der Waals surface area contributed by atoms with E-state index in [1.807, 2.05) is 0 Å². The summed E-state index contributed by atoms with van der Waals surface area (Å²) in [7, 11) is 2.69. The molecule has 0 aliphatic rings. The molecule has 7 nitrogen and oxygen atoms in total. The first-order chi connectivity index (χ1) is 15.5. The fourth-order valence-corrected chi connectivity index (χ4v) is 4.14. The third-order valence-corrected chi connectivity index (χ3v) is 5.87. The van der Waals surface area contributed by atoms with Crippen molar-refractivity contribution in [2.45, 2.75) is 17.5 Å². The number of furan rings is 1. The SMILES string of the molecule is COC(=O)c1ccc2c(=O)n(Cc3ccco3)c(SCc3ccc(OC)c(F)c3)nc2c1. The number of methoxy groups -OCH3 is 2. The van der Waals surface area contributed by atoms with E-state index in [4.69, 9.17) is 13.9 Å². The highest BCUT2D eigenvalue weighted by Gasteiger charge is 2.16. The average Bonchev–Trinajstić information content (AvgIpc) is 3.32. The van der Waals surface area contributed by atoms with Gasteiger partial charge in [-0.2, -0.15) is 0 Å². The summed E-state index contributed by atoms with van der Waals surface area (Å²) in [6.45, 7) is 0.187. The van der Waals surface area contributed by atoms with E-state index in [2.05, 4.69) is 4.98 Å². The van der Waals surface area contributed by atoms with Gasteiger partial charge in [-0.1, -0.05) is 17.8 Å². The second-order valence-corrected chi connectivity index (χ2v) is 7.79. The highest BCUT2D eigenvalue weighted by Crippen LogP contribution is 2.26. The lowest BCUT2D eigenvalue weighted by molar-refractivity contribution is 0.0601. The van der Waals surface area contributed by atoms with Crippen molar-refractivity contribution >= 4 is 28.6 Å². The predicted molar refractivity (Wildman–Crippen MR) is 118 cm³/mol. The third kappa shape index (κ3) is 4.38. The molecule has 2 aromatic carbocycles. The Hall–Kier alpha value is -3.59.